The van der Waals surface area contributed by atoms with E-state index in [9.17, 15) is 0 Å². The molecule has 0 spiro atoms. The second-order valence-corrected chi connectivity index (χ2v) is 7.22. The highest BCUT2D eigenvalue weighted by Crippen LogP contribution is 2.34. The van der Waals surface area contributed by atoms with Crippen LogP contribution in [0.5, 0.6) is 0 Å². The fourth-order valence-corrected chi connectivity index (χ4v) is 3.92. The van der Waals surface area contributed by atoms with E-state index in [1.807, 2.05) is 18.2 Å². The van der Waals surface area contributed by atoms with Crippen molar-refractivity contribution in [2.45, 2.75) is 6.42 Å². The second kappa shape index (κ2) is 6.07. The van der Waals surface area contributed by atoms with Crippen molar-refractivity contribution in [3.8, 4) is 12.1 Å². The van der Waals surface area contributed by atoms with Gasteiger partial charge >= 0.3 is 0 Å². The molecule has 0 fully saturated rings. The van der Waals surface area contributed by atoms with E-state index in [1.54, 1.807) is 11.3 Å². The van der Waals surface area contributed by atoms with E-state index in [0.29, 0.717) is 22.0 Å². The van der Waals surface area contributed by atoms with Gasteiger partial charge in [-0.1, -0.05) is 0 Å². The van der Waals surface area contributed by atoms with Gasteiger partial charge in [0.2, 0.25) is 0 Å². The van der Waals surface area contributed by atoms with Crippen LogP contribution in [0.4, 0.5) is 10.7 Å². The largest absolute Gasteiger partial charge is 0.396 e. The number of anilines is 2. The van der Waals surface area contributed by atoms with Gasteiger partial charge in [0.1, 0.15) is 27.6 Å². The average molecular weight is 353 g/mol. The summed E-state index contributed by atoms with van der Waals surface area (Å²) in [6, 6.07) is 8.11. The molecule has 7 heteroatoms. The first-order chi connectivity index (χ1) is 9.15. The highest BCUT2D eigenvalue weighted by atomic mass is 79.9. The predicted molar refractivity (Wildman–Crippen MR) is 82.4 cm³/mol. The summed E-state index contributed by atoms with van der Waals surface area (Å²) in [7, 11) is 0. The molecule has 19 heavy (non-hydrogen) atoms. The van der Waals surface area contributed by atoms with Crippen molar-refractivity contribution < 1.29 is 0 Å². The number of hydrogen-bond donors (Lipinski definition) is 2. The van der Waals surface area contributed by atoms with Gasteiger partial charge in [0.25, 0.3) is 0 Å². The minimum atomic E-state index is 0.274. The molecule has 0 unspecified atom stereocenters. The Kier molecular flexibility index (Phi) is 4.43. The molecule has 0 aromatic carbocycles. The number of nitrogens with zero attached hydrogens (tertiary/aromatic N) is 2. The maximum atomic E-state index is 9.05. The van der Waals surface area contributed by atoms with Crippen molar-refractivity contribution in [1.82, 2.24) is 0 Å². The summed E-state index contributed by atoms with van der Waals surface area (Å²) < 4.78 is 1.10. The van der Waals surface area contributed by atoms with Gasteiger partial charge in [-0.2, -0.15) is 10.5 Å². The number of halogens is 1. The molecule has 2 aromatic heterocycles. The normalized spacial score (nSPS) is 9.84. The molecule has 4 nitrogen and oxygen atoms in total. The van der Waals surface area contributed by atoms with E-state index in [0.717, 1.165) is 10.2 Å². The molecule has 0 bridgehead atoms. The predicted octanol–water partition coefficient (Wildman–Crippen LogP) is 3.55. The van der Waals surface area contributed by atoms with Gasteiger partial charge in [-0.05, 0) is 34.5 Å². The lowest BCUT2D eigenvalue weighted by atomic mass is 10.2. The molecule has 0 aliphatic heterocycles. The van der Waals surface area contributed by atoms with Crippen molar-refractivity contribution >= 4 is 49.3 Å². The molecule has 0 atom stereocenters. The summed E-state index contributed by atoms with van der Waals surface area (Å²) in [5.41, 5.74) is 6.38. The van der Waals surface area contributed by atoms with Crippen LogP contribution >= 0.6 is 38.6 Å². The maximum Gasteiger partial charge on any atom is 0.131 e. The SMILES string of the molecule is N#Cc1sc(NCCc2ccc(Br)s2)c(C#N)c1N. The zero-order chi connectivity index (χ0) is 13.8. The Labute approximate surface area is 127 Å². The van der Waals surface area contributed by atoms with Crippen LogP contribution in [-0.4, -0.2) is 6.54 Å². The van der Waals surface area contributed by atoms with Crippen molar-refractivity contribution in [2.75, 3.05) is 17.6 Å². The van der Waals surface area contributed by atoms with Crippen LogP contribution in [0.25, 0.3) is 0 Å². The summed E-state index contributed by atoms with van der Waals surface area (Å²) in [4.78, 5) is 1.64. The minimum Gasteiger partial charge on any atom is -0.396 e. The summed E-state index contributed by atoms with van der Waals surface area (Å²) in [5, 5.41) is 21.8. The lowest BCUT2D eigenvalue weighted by Gasteiger charge is -2.02. The molecule has 3 N–H and O–H groups in total. The van der Waals surface area contributed by atoms with E-state index >= 15 is 0 Å². The third-order valence-electron chi connectivity index (χ3n) is 2.44. The Hall–Kier alpha value is -1.54. The second-order valence-electron chi connectivity index (χ2n) is 3.66. The Balaban J connectivity index is 2.04. The van der Waals surface area contributed by atoms with Gasteiger partial charge in [0, 0.05) is 11.4 Å². The first kappa shape index (κ1) is 13.9. The molecule has 0 aliphatic carbocycles. The smallest absolute Gasteiger partial charge is 0.131 e. The van der Waals surface area contributed by atoms with E-state index in [2.05, 4.69) is 27.3 Å². The Bertz CT molecular complexity index is 675. The van der Waals surface area contributed by atoms with Gasteiger partial charge in [-0.15, -0.1) is 22.7 Å². The number of hydrogen-bond acceptors (Lipinski definition) is 6. The van der Waals surface area contributed by atoms with E-state index < -0.39 is 0 Å². The molecule has 0 radical (unpaired) electrons. The van der Waals surface area contributed by atoms with Crippen molar-refractivity contribution in [3.63, 3.8) is 0 Å². The van der Waals surface area contributed by atoms with Crippen LogP contribution < -0.4 is 11.1 Å². The van der Waals surface area contributed by atoms with Crippen molar-refractivity contribution in [3.05, 3.63) is 31.2 Å². The Morgan fingerprint density at radius 1 is 1.26 bits per heavy atom. The van der Waals surface area contributed by atoms with E-state index in [1.165, 1.54) is 16.2 Å². The number of nitrogens with one attached hydrogen (secondary N) is 1. The number of nitrogen functional groups attached to an aromatic ring is 1. The molecular formula is C12H9BrN4S2. The maximum absolute atomic E-state index is 9.05. The van der Waals surface area contributed by atoms with Crippen LogP contribution in [0, 0.1) is 22.7 Å². The number of rotatable bonds is 4. The van der Waals surface area contributed by atoms with Gasteiger partial charge in [0.05, 0.1) is 9.47 Å². The highest BCUT2D eigenvalue weighted by molar-refractivity contribution is 9.11. The molecule has 0 aliphatic rings. The van der Waals surface area contributed by atoms with Gasteiger partial charge in [0.15, 0.2) is 0 Å². The van der Waals surface area contributed by atoms with Gasteiger partial charge in [-0.25, -0.2) is 0 Å². The van der Waals surface area contributed by atoms with Crippen LogP contribution in [0.15, 0.2) is 15.9 Å². The first-order valence-electron chi connectivity index (χ1n) is 5.36. The zero-order valence-corrected chi connectivity index (χ0v) is 13.0. The fraction of sp³-hybridized carbons (Fsp3) is 0.167. The molecule has 0 saturated heterocycles. The summed E-state index contributed by atoms with van der Waals surface area (Å²) >= 11 is 6.33. The first-order valence-corrected chi connectivity index (χ1v) is 7.79. The average Bonchev–Trinajstić information content (AvgIpc) is 2.93. The Morgan fingerprint density at radius 3 is 2.63 bits per heavy atom. The van der Waals surface area contributed by atoms with Crippen LogP contribution in [0.2, 0.25) is 0 Å². The molecule has 0 saturated carbocycles. The quantitative estimate of drug-likeness (QED) is 0.880. The summed E-state index contributed by atoms with van der Waals surface area (Å²) in [5.74, 6) is 0. The number of thiophene rings is 2. The van der Waals surface area contributed by atoms with Crippen LogP contribution in [0.3, 0.4) is 0 Å². The third-order valence-corrected chi connectivity index (χ3v) is 5.20. The number of nitrogens with two attached hydrogens (primary N) is 1. The lowest BCUT2D eigenvalue weighted by molar-refractivity contribution is 1.05. The van der Waals surface area contributed by atoms with Crippen LogP contribution in [0.1, 0.15) is 15.3 Å². The minimum absolute atomic E-state index is 0.274. The van der Waals surface area contributed by atoms with E-state index in [-0.39, 0.29) is 5.69 Å². The number of nitriles is 2. The van der Waals surface area contributed by atoms with Crippen LogP contribution in [-0.2, 0) is 6.42 Å². The summed E-state index contributed by atoms with van der Waals surface area (Å²) in [6.45, 7) is 0.701. The Morgan fingerprint density at radius 2 is 2.05 bits per heavy atom. The van der Waals surface area contributed by atoms with Crippen molar-refractivity contribution in [2.24, 2.45) is 0 Å². The molecule has 2 heterocycles. The lowest BCUT2D eigenvalue weighted by Crippen LogP contribution is -2.03. The third kappa shape index (κ3) is 3.07. The molecule has 2 aromatic rings. The molecular weight excluding hydrogens is 344 g/mol. The van der Waals surface area contributed by atoms with Gasteiger partial charge in [-0.3, -0.25) is 0 Å². The highest BCUT2D eigenvalue weighted by Gasteiger charge is 2.15. The monoisotopic (exact) mass is 352 g/mol. The summed E-state index contributed by atoms with van der Waals surface area (Å²) in [6.07, 6.45) is 0.862. The van der Waals surface area contributed by atoms with Gasteiger partial charge < -0.3 is 11.1 Å². The van der Waals surface area contributed by atoms with E-state index in [4.69, 9.17) is 16.3 Å². The standard InChI is InChI=1S/C12H9BrN4S2/c13-10-2-1-7(18-10)3-4-17-12-8(5-14)11(16)9(6-15)19-12/h1-2,17H,3-4,16H2. The fourth-order valence-electron chi connectivity index (χ4n) is 1.55. The molecule has 96 valence electrons. The topological polar surface area (TPSA) is 85.6 Å². The molecule has 0 amide bonds. The zero-order valence-electron chi connectivity index (χ0n) is 9.74. The molecule has 2 rings (SSSR count). The van der Waals surface area contributed by atoms with Crippen molar-refractivity contribution in [1.29, 1.82) is 10.5 Å².